The van der Waals surface area contributed by atoms with E-state index in [1.807, 2.05) is 11.0 Å². The van der Waals surface area contributed by atoms with Crippen LogP contribution < -0.4 is 10.5 Å². The fraction of sp³-hybridized carbons (Fsp3) is 0.263. The zero-order valence-electron chi connectivity index (χ0n) is 15.4. The number of β-amino-alcohol motifs (C(OH)–C–C–N with tert-alkyl or cyclic N) is 1. The van der Waals surface area contributed by atoms with Crippen LogP contribution >= 0.6 is 27.7 Å². The van der Waals surface area contributed by atoms with Gasteiger partial charge in [0, 0.05) is 25.0 Å². The Labute approximate surface area is 177 Å². The van der Waals surface area contributed by atoms with Gasteiger partial charge in [0.15, 0.2) is 5.16 Å². The molecule has 0 aliphatic carbocycles. The second-order valence-corrected chi connectivity index (χ2v) is 8.69. The highest BCUT2D eigenvalue weighted by Crippen LogP contribution is 2.37. The quantitative estimate of drug-likeness (QED) is 0.391. The zero-order chi connectivity index (χ0) is 20.1. The maximum absolute atomic E-state index is 12.4. The highest BCUT2D eigenvalue weighted by molar-refractivity contribution is 9.10. The number of nitrogens with zero attached hydrogens (tertiary/aromatic N) is 4. The van der Waals surface area contributed by atoms with Crippen molar-refractivity contribution in [3.8, 4) is 0 Å². The molecule has 10 heteroatoms. The molecule has 0 bridgehead atoms. The van der Waals surface area contributed by atoms with Crippen LogP contribution in [-0.2, 0) is 6.42 Å². The Bertz CT molecular complexity index is 1300. The van der Waals surface area contributed by atoms with Crippen LogP contribution in [0.25, 0.3) is 21.9 Å². The van der Waals surface area contributed by atoms with Crippen LogP contribution in [0.1, 0.15) is 12.6 Å². The topological polar surface area (TPSA) is 111 Å². The smallest absolute Gasteiger partial charge is 0.258 e. The summed E-state index contributed by atoms with van der Waals surface area (Å²) in [6, 6.07) is 5.31. The van der Waals surface area contributed by atoms with E-state index in [0.29, 0.717) is 34.2 Å². The second-order valence-electron chi connectivity index (χ2n) is 6.88. The molecule has 4 aromatic rings. The van der Waals surface area contributed by atoms with Crippen molar-refractivity contribution in [3.63, 3.8) is 0 Å². The number of aryl methyl sites for hydroxylation is 1. The third-order valence-corrected chi connectivity index (χ3v) is 6.61. The average Bonchev–Trinajstić information content (AvgIpc) is 3.01. The number of aromatic nitrogens is 5. The van der Waals surface area contributed by atoms with Crippen molar-refractivity contribution in [2.45, 2.75) is 29.6 Å². The molecule has 1 aliphatic heterocycles. The van der Waals surface area contributed by atoms with Crippen LogP contribution in [0.2, 0.25) is 0 Å². The predicted molar refractivity (Wildman–Crippen MR) is 116 cm³/mol. The maximum atomic E-state index is 12.4. The summed E-state index contributed by atoms with van der Waals surface area (Å²) in [5.41, 5.74) is 2.20. The Kier molecular flexibility index (Phi) is 4.56. The first-order valence-electron chi connectivity index (χ1n) is 9.20. The third-order valence-electron chi connectivity index (χ3n) is 4.93. The molecule has 0 radical (unpaired) electrons. The number of H-pyrrole nitrogens is 2. The molecule has 1 saturated heterocycles. The first-order valence-corrected chi connectivity index (χ1v) is 10.8. The van der Waals surface area contributed by atoms with E-state index in [9.17, 15) is 9.90 Å². The molecule has 8 nitrogen and oxygen atoms in total. The lowest BCUT2D eigenvalue weighted by molar-refractivity contribution is 0.141. The van der Waals surface area contributed by atoms with E-state index in [1.54, 1.807) is 18.3 Å². The normalized spacial score (nSPS) is 14.7. The summed E-state index contributed by atoms with van der Waals surface area (Å²) in [5, 5.41) is 12.3. The molecule has 0 aromatic carbocycles. The first kappa shape index (κ1) is 18.6. The zero-order valence-corrected chi connectivity index (χ0v) is 17.8. The molecular weight excluding hydrogens is 456 g/mol. The summed E-state index contributed by atoms with van der Waals surface area (Å²) in [6.45, 7) is 3.14. The molecule has 0 atom stereocenters. The number of nitrogens with one attached hydrogen (secondary N) is 2. The Morgan fingerprint density at radius 2 is 2.17 bits per heavy atom. The van der Waals surface area contributed by atoms with Gasteiger partial charge in [0.25, 0.3) is 5.56 Å². The minimum atomic E-state index is -0.345. The molecule has 5 heterocycles. The van der Waals surface area contributed by atoms with Crippen LogP contribution in [0.3, 0.4) is 0 Å². The van der Waals surface area contributed by atoms with Crippen molar-refractivity contribution in [2.75, 3.05) is 18.0 Å². The number of rotatable bonds is 4. The fourth-order valence-corrected chi connectivity index (χ4v) is 4.96. The Balaban J connectivity index is 1.61. The molecule has 4 aromatic heterocycles. The lowest BCUT2D eigenvalue weighted by Crippen LogP contribution is -2.51. The van der Waals surface area contributed by atoms with Crippen molar-refractivity contribution < 1.29 is 5.11 Å². The van der Waals surface area contributed by atoms with Gasteiger partial charge in [0.2, 0.25) is 0 Å². The number of fused-ring (bicyclic) bond motifs is 2. The van der Waals surface area contributed by atoms with E-state index in [0.717, 1.165) is 33.4 Å². The van der Waals surface area contributed by atoms with E-state index in [2.05, 4.69) is 42.8 Å². The molecule has 0 unspecified atom stereocenters. The predicted octanol–water partition coefficient (Wildman–Crippen LogP) is 2.85. The van der Waals surface area contributed by atoms with Crippen molar-refractivity contribution in [3.05, 3.63) is 44.9 Å². The molecule has 1 fully saturated rings. The number of pyridine rings is 2. The van der Waals surface area contributed by atoms with Gasteiger partial charge in [-0.05, 0) is 52.3 Å². The van der Waals surface area contributed by atoms with Crippen LogP contribution in [0, 0.1) is 0 Å². The Morgan fingerprint density at radius 1 is 1.34 bits per heavy atom. The van der Waals surface area contributed by atoms with E-state index < -0.39 is 0 Å². The maximum Gasteiger partial charge on any atom is 0.258 e. The monoisotopic (exact) mass is 472 g/mol. The van der Waals surface area contributed by atoms with Gasteiger partial charge < -0.3 is 20.0 Å². The van der Waals surface area contributed by atoms with Crippen LogP contribution in [0.15, 0.2) is 43.8 Å². The van der Waals surface area contributed by atoms with E-state index in [1.165, 1.54) is 11.8 Å². The highest BCUT2D eigenvalue weighted by atomic mass is 79.9. The SMILES string of the molecule is CCc1[nH]c2nc(Sc3cc4ncccc4c(=O)[nH]3)nc(N3CC(O)C3)c2c1Br. The van der Waals surface area contributed by atoms with Gasteiger partial charge in [-0.3, -0.25) is 9.78 Å². The van der Waals surface area contributed by atoms with Crippen molar-refractivity contribution in [1.82, 2.24) is 24.9 Å². The molecule has 0 amide bonds. The molecule has 29 heavy (non-hydrogen) atoms. The molecule has 5 rings (SSSR count). The molecular formula is C19H17BrN6O2S. The second kappa shape index (κ2) is 7.12. The average molecular weight is 473 g/mol. The lowest BCUT2D eigenvalue weighted by Gasteiger charge is -2.37. The Morgan fingerprint density at radius 3 is 2.93 bits per heavy atom. The highest BCUT2D eigenvalue weighted by Gasteiger charge is 2.29. The van der Waals surface area contributed by atoms with Gasteiger partial charge in [-0.25, -0.2) is 9.97 Å². The van der Waals surface area contributed by atoms with E-state index in [-0.39, 0.29) is 11.7 Å². The number of halogens is 1. The minimum Gasteiger partial charge on any atom is -0.389 e. The lowest BCUT2D eigenvalue weighted by atomic mass is 10.1. The number of aliphatic hydroxyl groups is 1. The summed E-state index contributed by atoms with van der Waals surface area (Å²) < 4.78 is 0.950. The van der Waals surface area contributed by atoms with Gasteiger partial charge in [-0.2, -0.15) is 0 Å². The van der Waals surface area contributed by atoms with Crippen LogP contribution in [-0.4, -0.2) is 49.2 Å². The Hall–Kier alpha value is -2.43. The fourth-order valence-electron chi connectivity index (χ4n) is 3.43. The number of anilines is 1. The van der Waals surface area contributed by atoms with Gasteiger partial charge in [-0.1, -0.05) is 6.92 Å². The molecule has 0 spiro atoms. The standard InChI is InChI=1S/C19H17BrN6O2S/c1-2-11-15(20)14-16(22-11)24-19(25-17(14)26-7-9(27)8-26)29-13-6-12-10(18(28)23-13)4-3-5-21-12/h3-6,9,27H,2,7-8H2,1H3,(H,23,28)(H,22,24,25). The van der Waals surface area contributed by atoms with E-state index in [4.69, 9.17) is 4.98 Å². The minimum absolute atomic E-state index is 0.193. The van der Waals surface area contributed by atoms with Gasteiger partial charge in [-0.15, -0.1) is 0 Å². The number of hydrogen-bond donors (Lipinski definition) is 3. The van der Waals surface area contributed by atoms with Gasteiger partial charge in [0.1, 0.15) is 11.5 Å². The molecule has 3 N–H and O–H groups in total. The van der Waals surface area contributed by atoms with Gasteiger partial charge >= 0.3 is 0 Å². The molecule has 148 valence electrons. The number of hydrogen-bond acceptors (Lipinski definition) is 7. The number of aromatic amines is 2. The van der Waals surface area contributed by atoms with Gasteiger partial charge in [0.05, 0.1) is 31.9 Å². The van der Waals surface area contributed by atoms with Crippen molar-refractivity contribution >= 4 is 55.4 Å². The summed E-state index contributed by atoms with van der Waals surface area (Å²) >= 11 is 4.94. The van der Waals surface area contributed by atoms with Crippen molar-refractivity contribution in [2.24, 2.45) is 0 Å². The van der Waals surface area contributed by atoms with Crippen LogP contribution in [0.5, 0.6) is 0 Å². The molecule has 1 aliphatic rings. The van der Waals surface area contributed by atoms with Crippen molar-refractivity contribution in [1.29, 1.82) is 0 Å². The first-order chi connectivity index (χ1) is 14.0. The van der Waals surface area contributed by atoms with E-state index >= 15 is 0 Å². The summed E-state index contributed by atoms with van der Waals surface area (Å²) in [4.78, 5) is 34.3. The third kappa shape index (κ3) is 3.21. The number of aliphatic hydroxyl groups excluding tert-OH is 1. The largest absolute Gasteiger partial charge is 0.389 e. The van der Waals surface area contributed by atoms with Crippen LogP contribution in [0.4, 0.5) is 5.82 Å². The summed E-state index contributed by atoms with van der Waals surface area (Å²) in [5.74, 6) is 0.770. The molecule has 0 saturated carbocycles. The summed E-state index contributed by atoms with van der Waals surface area (Å²) in [6.07, 6.45) is 2.14. The summed E-state index contributed by atoms with van der Waals surface area (Å²) in [7, 11) is 0.